The third-order valence-corrected chi connectivity index (χ3v) is 4.75. The average molecular weight is 359 g/mol. The van der Waals surface area contributed by atoms with Crippen LogP contribution >= 0.6 is 0 Å². The first-order valence-electron chi connectivity index (χ1n) is 8.79. The van der Waals surface area contributed by atoms with Gasteiger partial charge in [0, 0.05) is 12.7 Å². The molecule has 0 radical (unpaired) electrons. The van der Waals surface area contributed by atoms with Gasteiger partial charge in [-0.25, -0.2) is 13.6 Å². The van der Waals surface area contributed by atoms with Crippen LogP contribution in [0.5, 0.6) is 0 Å². The van der Waals surface area contributed by atoms with Crippen molar-refractivity contribution in [3.05, 3.63) is 65.7 Å². The van der Waals surface area contributed by atoms with Gasteiger partial charge in [0.15, 0.2) is 0 Å². The fraction of sp³-hybridized carbons (Fsp3) is 0.350. The SMILES string of the molecule is CN(C(=O)N[C@@H]1C[C@@H](Cc2ccc(F)cc2)CCN1)c1cccc(F)c1. The summed E-state index contributed by atoms with van der Waals surface area (Å²) >= 11 is 0. The van der Waals surface area contributed by atoms with Crippen LogP contribution in [0.25, 0.3) is 0 Å². The van der Waals surface area contributed by atoms with Crippen molar-refractivity contribution in [2.24, 2.45) is 5.92 Å². The van der Waals surface area contributed by atoms with E-state index < -0.39 is 0 Å². The minimum Gasteiger partial charge on any atom is -0.322 e. The molecular weight excluding hydrogens is 336 g/mol. The van der Waals surface area contributed by atoms with Crippen molar-refractivity contribution >= 4 is 11.7 Å². The number of urea groups is 1. The van der Waals surface area contributed by atoms with Gasteiger partial charge in [-0.1, -0.05) is 18.2 Å². The first-order valence-corrected chi connectivity index (χ1v) is 8.79. The van der Waals surface area contributed by atoms with Crippen LogP contribution in [-0.4, -0.2) is 25.8 Å². The van der Waals surface area contributed by atoms with Crippen molar-refractivity contribution in [3.8, 4) is 0 Å². The highest BCUT2D eigenvalue weighted by atomic mass is 19.1. The normalized spacial score (nSPS) is 19.8. The molecule has 0 saturated carbocycles. The van der Waals surface area contributed by atoms with Gasteiger partial charge in [-0.05, 0) is 67.6 Å². The molecule has 1 aliphatic heterocycles. The molecule has 2 atom stereocenters. The topological polar surface area (TPSA) is 44.4 Å². The standard InChI is InChI=1S/C20H23F2N3O/c1-25(18-4-2-3-17(22)13-18)20(26)24-19-12-15(9-10-23-19)11-14-5-7-16(21)8-6-14/h2-8,13,15,19,23H,9-12H2,1H3,(H,24,26)/t15-,19-/m1/s1. The molecule has 1 heterocycles. The molecule has 1 aliphatic rings. The number of rotatable bonds is 4. The monoisotopic (exact) mass is 359 g/mol. The number of nitrogens with zero attached hydrogens (tertiary/aromatic N) is 1. The number of carbonyl (C=O) groups excluding carboxylic acids is 1. The Bertz CT molecular complexity index is 751. The molecule has 3 rings (SSSR count). The van der Waals surface area contributed by atoms with E-state index in [4.69, 9.17) is 0 Å². The number of anilines is 1. The van der Waals surface area contributed by atoms with Crippen molar-refractivity contribution < 1.29 is 13.6 Å². The zero-order valence-corrected chi connectivity index (χ0v) is 14.7. The minimum atomic E-state index is -0.377. The highest BCUT2D eigenvalue weighted by Gasteiger charge is 2.24. The molecule has 138 valence electrons. The van der Waals surface area contributed by atoms with Crippen molar-refractivity contribution in [2.75, 3.05) is 18.5 Å². The zero-order chi connectivity index (χ0) is 18.5. The molecule has 4 nitrogen and oxygen atoms in total. The van der Waals surface area contributed by atoms with Crippen LogP contribution < -0.4 is 15.5 Å². The van der Waals surface area contributed by atoms with Crippen molar-refractivity contribution in [1.82, 2.24) is 10.6 Å². The van der Waals surface area contributed by atoms with E-state index in [0.29, 0.717) is 11.6 Å². The molecule has 6 heteroatoms. The van der Waals surface area contributed by atoms with E-state index in [1.54, 1.807) is 19.2 Å². The van der Waals surface area contributed by atoms with Crippen LogP contribution in [0, 0.1) is 17.6 Å². The van der Waals surface area contributed by atoms with E-state index in [1.807, 2.05) is 12.1 Å². The Labute approximate surface area is 152 Å². The number of hydrogen-bond donors (Lipinski definition) is 2. The quantitative estimate of drug-likeness (QED) is 0.875. The van der Waals surface area contributed by atoms with Crippen molar-refractivity contribution in [3.63, 3.8) is 0 Å². The maximum atomic E-state index is 13.3. The van der Waals surface area contributed by atoms with Gasteiger partial charge in [-0.3, -0.25) is 10.2 Å². The van der Waals surface area contributed by atoms with Gasteiger partial charge >= 0.3 is 6.03 Å². The highest BCUT2D eigenvalue weighted by Crippen LogP contribution is 2.21. The number of piperidine rings is 1. The predicted molar refractivity (Wildman–Crippen MR) is 98.0 cm³/mol. The molecule has 2 aromatic rings. The molecule has 2 aromatic carbocycles. The summed E-state index contributed by atoms with van der Waals surface area (Å²) in [5, 5.41) is 6.25. The van der Waals surface area contributed by atoms with Crippen molar-refractivity contribution in [1.29, 1.82) is 0 Å². The second kappa shape index (κ2) is 8.27. The van der Waals surface area contributed by atoms with Crippen LogP contribution in [0.2, 0.25) is 0 Å². The summed E-state index contributed by atoms with van der Waals surface area (Å²) in [4.78, 5) is 13.8. The Morgan fingerprint density at radius 1 is 1.19 bits per heavy atom. The molecule has 26 heavy (non-hydrogen) atoms. The fourth-order valence-corrected chi connectivity index (χ4v) is 3.29. The summed E-state index contributed by atoms with van der Waals surface area (Å²) in [6.45, 7) is 0.806. The molecule has 0 aliphatic carbocycles. The number of carbonyl (C=O) groups is 1. The van der Waals surface area contributed by atoms with E-state index >= 15 is 0 Å². The van der Waals surface area contributed by atoms with E-state index in [1.165, 1.54) is 29.2 Å². The number of halogens is 2. The highest BCUT2D eigenvalue weighted by molar-refractivity contribution is 5.91. The van der Waals surface area contributed by atoms with Gasteiger partial charge in [0.1, 0.15) is 11.6 Å². The molecule has 0 aromatic heterocycles. The van der Waals surface area contributed by atoms with Crippen LogP contribution in [0.4, 0.5) is 19.3 Å². The van der Waals surface area contributed by atoms with Gasteiger partial charge in [-0.2, -0.15) is 0 Å². The summed E-state index contributed by atoms with van der Waals surface area (Å²) < 4.78 is 26.4. The Kier molecular flexibility index (Phi) is 5.83. The Balaban J connectivity index is 1.55. The Morgan fingerprint density at radius 2 is 1.96 bits per heavy atom. The second-order valence-corrected chi connectivity index (χ2v) is 6.72. The first kappa shape index (κ1) is 18.3. The summed E-state index contributed by atoms with van der Waals surface area (Å²) in [6.07, 6.45) is 2.51. The van der Waals surface area contributed by atoms with Crippen LogP contribution in [0.1, 0.15) is 18.4 Å². The van der Waals surface area contributed by atoms with Gasteiger partial charge < -0.3 is 5.32 Å². The third kappa shape index (κ3) is 4.79. The molecule has 2 N–H and O–H groups in total. The molecule has 0 bridgehead atoms. The largest absolute Gasteiger partial charge is 0.322 e. The lowest BCUT2D eigenvalue weighted by molar-refractivity contribution is 0.226. The van der Waals surface area contributed by atoms with E-state index in [2.05, 4.69) is 10.6 Å². The molecule has 1 fully saturated rings. The van der Waals surface area contributed by atoms with Crippen LogP contribution in [-0.2, 0) is 6.42 Å². The summed E-state index contributed by atoms with van der Waals surface area (Å²) in [5.41, 5.74) is 1.60. The molecule has 0 spiro atoms. The molecule has 2 amide bonds. The number of hydrogen-bond acceptors (Lipinski definition) is 2. The number of benzene rings is 2. The minimum absolute atomic E-state index is 0.141. The lowest BCUT2D eigenvalue weighted by atomic mass is 9.89. The van der Waals surface area contributed by atoms with E-state index in [-0.39, 0.29) is 23.8 Å². The van der Waals surface area contributed by atoms with Gasteiger partial charge in [0.25, 0.3) is 0 Å². The fourth-order valence-electron chi connectivity index (χ4n) is 3.29. The zero-order valence-electron chi connectivity index (χ0n) is 14.7. The predicted octanol–water partition coefficient (Wildman–Crippen LogP) is 3.68. The van der Waals surface area contributed by atoms with E-state index in [0.717, 1.165) is 31.4 Å². The summed E-state index contributed by atoms with van der Waals surface area (Å²) in [5.74, 6) is -0.201. The maximum absolute atomic E-state index is 13.3. The lowest BCUT2D eigenvalue weighted by Crippen LogP contribution is -2.53. The van der Waals surface area contributed by atoms with Crippen LogP contribution in [0.15, 0.2) is 48.5 Å². The Hall–Kier alpha value is -2.47. The van der Waals surface area contributed by atoms with Crippen LogP contribution in [0.3, 0.4) is 0 Å². The summed E-state index contributed by atoms with van der Waals surface area (Å²) in [6, 6.07) is 12.2. The second-order valence-electron chi connectivity index (χ2n) is 6.72. The van der Waals surface area contributed by atoms with Crippen molar-refractivity contribution in [2.45, 2.75) is 25.4 Å². The van der Waals surface area contributed by atoms with E-state index in [9.17, 15) is 13.6 Å². The average Bonchev–Trinajstić information content (AvgIpc) is 2.63. The van der Waals surface area contributed by atoms with Gasteiger partial charge in [0.05, 0.1) is 6.17 Å². The molecule has 0 unspecified atom stereocenters. The number of nitrogens with one attached hydrogen (secondary N) is 2. The number of amides is 2. The lowest BCUT2D eigenvalue weighted by Gasteiger charge is -2.32. The third-order valence-electron chi connectivity index (χ3n) is 4.75. The smallest absolute Gasteiger partial charge is 0.322 e. The molecular formula is C20H23F2N3O. The molecule has 1 saturated heterocycles. The Morgan fingerprint density at radius 3 is 2.69 bits per heavy atom. The first-order chi connectivity index (χ1) is 12.5. The van der Waals surface area contributed by atoms with Gasteiger partial charge in [0.2, 0.25) is 0 Å². The maximum Gasteiger partial charge on any atom is 0.322 e. The van der Waals surface area contributed by atoms with Gasteiger partial charge in [-0.15, -0.1) is 0 Å². The summed E-state index contributed by atoms with van der Waals surface area (Å²) in [7, 11) is 1.61.